The van der Waals surface area contributed by atoms with Crippen LogP contribution in [0, 0.1) is 18.7 Å². The summed E-state index contributed by atoms with van der Waals surface area (Å²) < 4.78 is 43.4. The van der Waals surface area contributed by atoms with E-state index in [9.17, 15) is 12.8 Å². The van der Waals surface area contributed by atoms with Crippen molar-refractivity contribution in [2.24, 2.45) is 5.92 Å². The maximum Gasteiger partial charge on any atom is 0.270 e. The molecule has 1 fully saturated rings. The molecule has 0 saturated carbocycles. The lowest BCUT2D eigenvalue weighted by atomic mass is 9.96. The van der Waals surface area contributed by atoms with E-state index in [0.717, 1.165) is 45.6 Å². The maximum absolute atomic E-state index is 13.4. The number of benzene rings is 2. The number of hydrogen-bond donors (Lipinski definition) is 0. The lowest BCUT2D eigenvalue weighted by molar-refractivity contribution is 0.105. The quantitative estimate of drug-likeness (QED) is 0.376. The zero-order chi connectivity index (χ0) is 24.7. The van der Waals surface area contributed by atoms with E-state index >= 15 is 0 Å². The molecule has 0 bridgehead atoms. The molecular formula is C25H28FN5O2S2. The number of thiazole rings is 1. The van der Waals surface area contributed by atoms with Gasteiger partial charge in [-0.2, -0.15) is 9.40 Å². The summed E-state index contributed by atoms with van der Waals surface area (Å²) in [6.07, 6.45) is 3.34. The van der Waals surface area contributed by atoms with Gasteiger partial charge in [-0.1, -0.05) is 13.8 Å². The average molecular weight is 514 g/mol. The Balaban J connectivity index is 1.53. The molecule has 3 heterocycles. The van der Waals surface area contributed by atoms with Crippen LogP contribution in [0.3, 0.4) is 0 Å². The second-order valence-corrected chi connectivity index (χ2v) is 12.4. The molecule has 1 aliphatic rings. The Labute approximate surface area is 208 Å². The second kappa shape index (κ2) is 9.42. The molecule has 0 N–H and O–H groups in total. The van der Waals surface area contributed by atoms with Crippen LogP contribution in [0.1, 0.15) is 31.0 Å². The molecule has 10 heteroatoms. The maximum atomic E-state index is 13.4. The van der Waals surface area contributed by atoms with Gasteiger partial charge in [0.2, 0.25) is 4.34 Å². The minimum Gasteiger partial charge on any atom is -0.293 e. The molecule has 2 aromatic heterocycles. The number of aromatic nitrogens is 3. The van der Waals surface area contributed by atoms with Crippen molar-refractivity contribution in [2.75, 3.05) is 26.2 Å². The molecule has 0 radical (unpaired) electrons. The molecule has 5 rings (SSSR count). The van der Waals surface area contributed by atoms with Crippen LogP contribution in [0.2, 0.25) is 0 Å². The molecule has 2 aromatic carbocycles. The number of rotatable bonds is 6. The SMILES string of the molecule is Cc1cc2c(cnn2-c2ccc(F)cc2)cc1C1CN(S(=O)(=O)c2nccs2)CCN1CC(C)C. The fourth-order valence-corrected chi connectivity index (χ4v) is 7.19. The first-order valence-corrected chi connectivity index (χ1v) is 13.9. The zero-order valence-electron chi connectivity index (χ0n) is 19.9. The lowest BCUT2D eigenvalue weighted by Gasteiger charge is -2.42. The summed E-state index contributed by atoms with van der Waals surface area (Å²) in [7, 11) is -3.64. The topological polar surface area (TPSA) is 71.3 Å². The Bertz CT molecular complexity index is 1430. The van der Waals surface area contributed by atoms with E-state index in [1.807, 2.05) is 0 Å². The van der Waals surface area contributed by atoms with Crippen molar-refractivity contribution in [2.45, 2.75) is 31.2 Å². The summed E-state index contributed by atoms with van der Waals surface area (Å²) in [6.45, 7) is 8.75. The minimum atomic E-state index is -3.64. The first-order valence-electron chi connectivity index (χ1n) is 11.6. The largest absolute Gasteiger partial charge is 0.293 e. The molecule has 1 saturated heterocycles. The number of aryl methyl sites for hydroxylation is 1. The number of nitrogens with zero attached hydrogens (tertiary/aromatic N) is 5. The van der Waals surface area contributed by atoms with Crippen molar-refractivity contribution >= 4 is 32.3 Å². The van der Waals surface area contributed by atoms with Crippen LogP contribution in [0.15, 0.2) is 58.5 Å². The highest BCUT2D eigenvalue weighted by atomic mass is 32.2. The third kappa shape index (κ3) is 4.63. The highest BCUT2D eigenvalue weighted by Gasteiger charge is 2.37. The van der Waals surface area contributed by atoms with E-state index in [2.05, 4.69) is 47.9 Å². The number of sulfonamides is 1. The van der Waals surface area contributed by atoms with Crippen molar-refractivity contribution in [3.63, 3.8) is 0 Å². The number of halogens is 1. The van der Waals surface area contributed by atoms with Crippen LogP contribution in [0.4, 0.5) is 4.39 Å². The van der Waals surface area contributed by atoms with Crippen molar-refractivity contribution in [1.82, 2.24) is 24.0 Å². The minimum absolute atomic E-state index is 0.0838. The summed E-state index contributed by atoms with van der Waals surface area (Å²) in [5.41, 5.74) is 3.87. The summed E-state index contributed by atoms with van der Waals surface area (Å²) in [6, 6.07) is 10.4. The molecule has 0 aliphatic carbocycles. The average Bonchev–Trinajstić information content (AvgIpc) is 3.50. The Morgan fingerprint density at radius 3 is 2.63 bits per heavy atom. The molecule has 4 aromatic rings. The molecular weight excluding hydrogens is 485 g/mol. The van der Waals surface area contributed by atoms with Crippen molar-refractivity contribution < 1.29 is 12.8 Å². The monoisotopic (exact) mass is 513 g/mol. The zero-order valence-corrected chi connectivity index (χ0v) is 21.6. The molecule has 1 atom stereocenters. The summed E-state index contributed by atoms with van der Waals surface area (Å²) >= 11 is 1.15. The Morgan fingerprint density at radius 1 is 1.17 bits per heavy atom. The van der Waals surface area contributed by atoms with Crippen LogP contribution in [-0.2, 0) is 10.0 Å². The molecule has 184 valence electrons. The van der Waals surface area contributed by atoms with Gasteiger partial charge in [-0.05, 0) is 60.4 Å². The number of hydrogen-bond acceptors (Lipinski definition) is 6. The van der Waals surface area contributed by atoms with Gasteiger partial charge in [-0.3, -0.25) is 4.90 Å². The van der Waals surface area contributed by atoms with Gasteiger partial charge in [-0.25, -0.2) is 22.5 Å². The third-order valence-electron chi connectivity index (χ3n) is 6.41. The van der Waals surface area contributed by atoms with Crippen LogP contribution in [0.25, 0.3) is 16.6 Å². The van der Waals surface area contributed by atoms with Gasteiger partial charge in [0.15, 0.2) is 0 Å². The van der Waals surface area contributed by atoms with Crippen molar-refractivity contribution in [1.29, 1.82) is 0 Å². The van der Waals surface area contributed by atoms with E-state index in [4.69, 9.17) is 0 Å². The fraction of sp³-hybridized carbons (Fsp3) is 0.360. The molecule has 35 heavy (non-hydrogen) atoms. The van der Waals surface area contributed by atoms with Crippen molar-refractivity contribution in [3.05, 3.63) is 71.1 Å². The highest BCUT2D eigenvalue weighted by molar-refractivity contribution is 7.91. The van der Waals surface area contributed by atoms with Gasteiger partial charge >= 0.3 is 0 Å². The molecule has 0 spiro atoms. The first-order chi connectivity index (χ1) is 16.7. The highest BCUT2D eigenvalue weighted by Crippen LogP contribution is 2.34. The first kappa shape index (κ1) is 24.1. The third-order valence-corrected chi connectivity index (χ3v) is 9.45. The molecule has 0 amide bonds. The van der Waals surface area contributed by atoms with E-state index in [1.165, 1.54) is 18.3 Å². The van der Waals surface area contributed by atoms with Crippen LogP contribution in [-0.4, -0.2) is 58.6 Å². The Hall–Kier alpha value is -2.66. The Morgan fingerprint density at radius 2 is 1.94 bits per heavy atom. The summed E-state index contributed by atoms with van der Waals surface area (Å²) in [4.78, 5) is 6.45. The van der Waals surface area contributed by atoms with Gasteiger partial charge in [0.1, 0.15) is 5.82 Å². The predicted octanol–water partition coefficient (Wildman–Crippen LogP) is 4.63. The van der Waals surface area contributed by atoms with Gasteiger partial charge in [0.25, 0.3) is 10.0 Å². The van der Waals surface area contributed by atoms with Crippen LogP contribution >= 0.6 is 11.3 Å². The molecule has 7 nitrogen and oxygen atoms in total. The Kier molecular flexibility index (Phi) is 6.47. The van der Waals surface area contributed by atoms with Gasteiger partial charge in [0, 0.05) is 49.2 Å². The predicted molar refractivity (Wildman–Crippen MR) is 136 cm³/mol. The van der Waals surface area contributed by atoms with Gasteiger partial charge in [0.05, 0.1) is 17.4 Å². The standard InChI is InChI=1S/C25H28FN5O2S2/c1-17(2)15-29-9-10-30(35(32,33)25-27-8-11-34-25)16-24(29)22-13-19-14-28-31(23(19)12-18(22)3)21-6-4-20(26)5-7-21/h4-8,11-14,17,24H,9-10,15-16H2,1-3H3. The smallest absolute Gasteiger partial charge is 0.270 e. The summed E-state index contributed by atoms with van der Waals surface area (Å²) in [5.74, 6) is 0.161. The van der Waals surface area contributed by atoms with Crippen LogP contribution in [0.5, 0.6) is 0 Å². The van der Waals surface area contributed by atoms with E-state index in [-0.39, 0.29) is 16.2 Å². The van der Waals surface area contributed by atoms with Crippen molar-refractivity contribution in [3.8, 4) is 5.69 Å². The lowest BCUT2D eigenvalue weighted by Crippen LogP contribution is -2.51. The van der Waals surface area contributed by atoms with Gasteiger partial charge < -0.3 is 0 Å². The fourth-order valence-electron chi connectivity index (χ4n) is 4.79. The molecule has 1 aliphatic heterocycles. The second-order valence-electron chi connectivity index (χ2n) is 9.37. The van der Waals surface area contributed by atoms with E-state index < -0.39 is 10.0 Å². The van der Waals surface area contributed by atoms with E-state index in [1.54, 1.807) is 32.7 Å². The van der Waals surface area contributed by atoms with Gasteiger partial charge in [-0.15, -0.1) is 11.3 Å². The van der Waals surface area contributed by atoms with E-state index in [0.29, 0.717) is 25.6 Å². The normalized spacial score (nSPS) is 18.0. The van der Waals surface area contributed by atoms with Crippen LogP contribution < -0.4 is 0 Å². The number of piperazine rings is 1. The summed E-state index contributed by atoms with van der Waals surface area (Å²) in [5, 5.41) is 7.19. The number of fused-ring (bicyclic) bond motifs is 1. The molecule has 1 unspecified atom stereocenters.